The molecule has 0 aromatic heterocycles. The van der Waals surface area contributed by atoms with Gasteiger partial charge in [-0.05, 0) is 118 Å². The van der Waals surface area contributed by atoms with Crippen molar-refractivity contribution in [1.82, 2.24) is 5.32 Å². The fourth-order valence-corrected chi connectivity index (χ4v) is 6.22. The van der Waals surface area contributed by atoms with Gasteiger partial charge in [-0.2, -0.15) is 0 Å². The Morgan fingerprint density at radius 3 is 1.72 bits per heavy atom. The highest BCUT2D eigenvalue weighted by Gasteiger charge is 2.34. The summed E-state index contributed by atoms with van der Waals surface area (Å²) in [6.45, 7) is 6.98. The van der Waals surface area contributed by atoms with Gasteiger partial charge in [-0.15, -0.1) is 0 Å². The van der Waals surface area contributed by atoms with Crippen LogP contribution in [0.4, 0.5) is 28.4 Å². The van der Waals surface area contributed by atoms with Crippen molar-refractivity contribution in [2.75, 3.05) is 28.4 Å². The Hall–Kier alpha value is -8.85. The van der Waals surface area contributed by atoms with Gasteiger partial charge in [0.15, 0.2) is 17.6 Å². The van der Waals surface area contributed by atoms with Gasteiger partial charge in [0.05, 0.1) is 39.6 Å². The Labute approximate surface area is 388 Å². The summed E-state index contributed by atoms with van der Waals surface area (Å²) in [6, 6.07) is 20.7. The molecule has 5 rings (SSSR count). The molecule has 5 aromatic carbocycles. The number of amides is 6. The third-order valence-corrected chi connectivity index (χ3v) is 9.93. The van der Waals surface area contributed by atoms with E-state index in [0.717, 1.165) is 7.11 Å². The van der Waals surface area contributed by atoms with Crippen LogP contribution in [-0.2, 0) is 14.3 Å². The van der Waals surface area contributed by atoms with Crippen LogP contribution in [0.25, 0.3) is 0 Å². The molecule has 0 bridgehead atoms. The fraction of sp³-hybridized carbons (Fsp3) is 0.213. The Morgan fingerprint density at radius 1 is 0.676 bits per heavy atom. The van der Waals surface area contributed by atoms with Gasteiger partial charge in [-0.3, -0.25) is 38.9 Å². The highest BCUT2D eigenvalue weighted by molar-refractivity contribution is 6.10. The Balaban J connectivity index is 1.23. The molecule has 0 radical (unpaired) electrons. The van der Waals surface area contributed by atoms with Crippen LogP contribution in [0.1, 0.15) is 85.9 Å². The summed E-state index contributed by atoms with van der Waals surface area (Å²) in [7, 11) is 1.12. The fourth-order valence-electron chi connectivity index (χ4n) is 6.22. The summed E-state index contributed by atoms with van der Waals surface area (Å²) >= 11 is 0. The molecule has 9 N–H and O–H groups in total. The summed E-state index contributed by atoms with van der Waals surface area (Å²) in [6.07, 6.45) is -1.88. The van der Waals surface area contributed by atoms with E-state index in [2.05, 4.69) is 26.6 Å². The van der Waals surface area contributed by atoms with Gasteiger partial charge in [0.1, 0.15) is 11.8 Å². The second-order valence-electron chi connectivity index (χ2n) is 15.2. The van der Waals surface area contributed by atoms with E-state index in [1.54, 1.807) is 20.8 Å². The number of phenols is 1. The number of non-ortho nitro benzene ring substituents is 1. The number of aromatic hydroxyl groups is 1. The van der Waals surface area contributed by atoms with Crippen LogP contribution in [0.15, 0.2) is 103 Å². The van der Waals surface area contributed by atoms with Crippen molar-refractivity contribution in [2.45, 2.75) is 58.5 Å². The number of methoxy groups -OCH3 is 1. The Kier molecular flexibility index (Phi) is 16.5. The van der Waals surface area contributed by atoms with Crippen LogP contribution in [0, 0.1) is 10.1 Å². The number of hydrogen-bond donors (Lipinski definition) is 8. The monoisotopic (exact) mass is 933 g/mol. The summed E-state index contributed by atoms with van der Waals surface area (Å²) < 4.78 is 17.0. The van der Waals surface area contributed by atoms with Crippen LogP contribution in [0.3, 0.4) is 0 Å². The van der Waals surface area contributed by atoms with E-state index in [4.69, 9.17) is 19.9 Å². The average Bonchev–Trinajstić information content (AvgIpc) is 3.30. The standard InChI is InChI=1S/C47H47N7O14/c1-6-25(4)68-36-23-29(47(62)63)13-21-34(36)51-45(60)33-20-22-35(39(38(33)55)67-24(2)3)52-43(58)26-7-16-31(17-8-26)50-46(61)40(66-5)37(41(48)56)53-44(59)27-9-14-30(15-10-27)49-42(57)28-11-18-32(19-12-28)54(64)65/h7-25,37,40,55H,6H2,1-5H3,(H2,48,56)(H,49,57)(H,50,61)(H,51,60)(H,52,58)(H,53,59)(H,62,63). The number of nitro benzene ring substituents is 1. The molecule has 354 valence electrons. The highest BCUT2D eigenvalue weighted by Crippen LogP contribution is 2.40. The highest BCUT2D eigenvalue weighted by atomic mass is 16.6. The summed E-state index contributed by atoms with van der Waals surface area (Å²) in [5.74, 6) is -6.74. The number of rotatable bonds is 20. The third kappa shape index (κ3) is 12.7. The number of carbonyl (C=O) groups is 7. The molecule has 0 aliphatic carbocycles. The number of nitrogens with two attached hydrogens (primary N) is 1. The van der Waals surface area contributed by atoms with Crippen LogP contribution >= 0.6 is 0 Å². The number of nitro groups is 1. The number of phenolic OH excluding ortho intramolecular Hbond substituents is 1. The van der Waals surface area contributed by atoms with Crippen molar-refractivity contribution >= 4 is 69.8 Å². The quantitative estimate of drug-likeness (QED) is 0.0330. The van der Waals surface area contributed by atoms with Gasteiger partial charge in [0, 0.05) is 47.3 Å². The lowest BCUT2D eigenvalue weighted by Gasteiger charge is -2.24. The molecule has 0 aliphatic rings. The van der Waals surface area contributed by atoms with Gasteiger partial charge in [-0.25, -0.2) is 4.79 Å². The molecule has 6 amide bonds. The number of nitrogens with zero attached hydrogens (tertiary/aromatic N) is 1. The van der Waals surface area contributed by atoms with Crippen LogP contribution in [0.2, 0.25) is 0 Å². The van der Waals surface area contributed by atoms with Gasteiger partial charge >= 0.3 is 5.97 Å². The van der Waals surface area contributed by atoms with Crippen molar-refractivity contribution in [3.8, 4) is 17.2 Å². The van der Waals surface area contributed by atoms with Crippen molar-refractivity contribution in [1.29, 1.82) is 0 Å². The molecule has 21 nitrogen and oxygen atoms in total. The molecule has 0 aliphatic heterocycles. The summed E-state index contributed by atoms with van der Waals surface area (Å²) in [5.41, 5.74) is 5.94. The Morgan fingerprint density at radius 2 is 1.19 bits per heavy atom. The number of ether oxygens (including phenoxy) is 3. The van der Waals surface area contributed by atoms with Gasteiger partial charge in [0.2, 0.25) is 5.91 Å². The van der Waals surface area contributed by atoms with Crippen LogP contribution in [-0.4, -0.2) is 88.0 Å². The minimum atomic E-state index is -1.67. The topological polar surface area (TPSA) is 317 Å². The van der Waals surface area contributed by atoms with E-state index >= 15 is 0 Å². The number of carbonyl (C=O) groups excluding carboxylic acids is 6. The first-order valence-electron chi connectivity index (χ1n) is 20.7. The molecule has 0 saturated heterocycles. The van der Waals surface area contributed by atoms with Gasteiger partial charge in [0.25, 0.3) is 35.2 Å². The maximum atomic E-state index is 13.5. The largest absolute Gasteiger partial charge is 0.504 e. The number of hydrogen-bond acceptors (Lipinski definition) is 13. The van der Waals surface area contributed by atoms with E-state index in [1.165, 1.54) is 103 Å². The van der Waals surface area contributed by atoms with Gasteiger partial charge < -0.3 is 56.7 Å². The molecular weight excluding hydrogens is 887 g/mol. The van der Waals surface area contributed by atoms with E-state index < -0.39 is 70.3 Å². The van der Waals surface area contributed by atoms with E-state index in [1.807, 2.05) is 6.92 Å². The van der Waals surface area contributed by atoms with Crippen LogP contribution in [0.5, 0.6) is 17.2 Å². The number of aromatic carboxylic acids is 1. The molecule has 0 heterocycles. The lowest BCUT2D eigenvalue weighted by Crippen LogP contribution is -2.56. The number of anilines is 4. The molecule has 0 saturated carbocycles. The zero-order valence-electron chi connectivity index (χ0n) is 37.1. The van der Waals surface area contributed by atoms with Crippen molar-refractivity contribution < 1.29 is 62.9 Å². The predicted molar refractivity (Wildman–Crippen MR) is 247 cm³/mol. The number of carboxylic acid groups (broad SMARTS) is 1. The summed E-state index contributed by atoms with van der Waals surface area (Å²) in [5, 5.41) is 44.5. The normalized spacial score (nSPS) is 12.1. The molecule has 3 unspecified atom stereocenters. The van der Waals surface area contributed by atoms with Crippen molar-refractivity contribution in [3.05, 3.63) is 141 Å². The number of benzene rings is 5. The minimum absolute atomic E-state index is 0.00611. The molecule has 68 heavy (non-hydrogen) atoms. The van der Waals surface area contributed by atoms with E-state index in [0.29, 0.717) is 6.42 Å². The average molecular weight is 934 g/mol. The van der Waals surface area contributed by atoms with Crippen molar-refractivity contribution in [2.24, 2.45) is 5.73 Å². The maximum absolute atomic E-state index is 13.5. The number of carboxylic acids is 1. The molecule has 0 fully saturated rings. The van der Waals surface area contributed by atoms with E-state index in [9.17, 15) is 53.9 Å². The smallest absolute Gasteiger partial charge is 0.335 e. The molecule has 3 atom stereocenters. The second-order valence-corrected chi connectivity index (χ2v) is 15.2. The maximum Gasteiger partial charge on any atom is 0.335 e. The molecule has 5 aromatic rings. The van der Waals surface area contributed by atoms with Crippen LogP contribution < -0.4 is 41.8 Å². The second kappa shape index (κ2) is 22.4. The molecular formula is C47H47N7O14. The minimum Gasteiger partial charge on any atom is -0.504 e. The molecule has 0 spiro atoms. The summed E-state index contributed by atoms with van der Waals surface area (Å²) in [4.78, 5) is 101. The number of primary amides is 1. The first-order valence-corrected chi connectivity index (χ1v) is 20.7. The lowest BCUT2D eigenvalue weighted by molar-refractivity contribution is -0.384. The zero-order chi connectivity index (χ0) is 49.8. The van der Waals surface area contributed by atoms with E-state index in [-0.39, 0.29) is 73.9 Å². The van der Waals surface area contributed by atoms with Crippen molar-refractivity contribution in [3.63, 3.8) is 0 Å². The lowest BCUT2D eigenvalue weighted by atomic mass is 10.1. The SMILES string of the molecule is CCC(C)Oc1cc(C(=O)O)ccc1NC(=O)c1ccc(NC(=O)c2ccc(NC(=O)C(OC)C(NC(=O)c3ccc(NC(=O)c4ccc([N+](=O)[O-])cc4)cc3)C(N)=O)cc2)c(OC(C)C)c1O. The first-order chi connectivity index (χ1) is 32.3. The zero-order valence-corrected chi connectivity index (χ0v) is 37.1. The molecule has 21 heteroatoms. The van der Waals surface area contributed by atoms with Gasteiger partial charge in [-0.1, -0.05) is 6.92 Å². The predicted octanol–water partition coefficient (Wildman–Crippen LogP) is 5.96. The Bertz CT molecular complexity index is 2730. The number of nitrogens with one attached hydrogen (secondary N) is 5. The third-order valence-electron chi connectivity index (χ3n) is 9.93. The first kappa shape index (κ1) is 50.2.